The summed E-state index contributed by atoms with van der Waals surface area (Å²) >= 11 is 0. The first kappa shape index (κ1) is 7.54. The summed E-state index contributed by atoms with van der Waals surface area (Å²) < 4.78 is 0. The van der Waals surface area contributed by atoms with Gasteiger partial charge in [-0.15, -0.1) is 0 Å². The van der Waals surface area contributed by atoms with E-state index in [0.717, 1.165) is 25.7 Å². The molecule has 10 heavy (non-hydrogen) atoms. The molecule has 1 fully saturated rings. The molecule has 0 bridgehead atoms. The van der Waals surface area contributed by atoms with Gasteiger partial charge in [-0.25, -0.2) is 4.79 Å². The van der Waals surface area contributed by atoms with Crippen LogP contribution in [0.5, 0.6) is 0 Å². The van der Waals surface area contributed by atoms with Gasteiger partial charge < -0.3 is 0 Å². The largest absolute Gasteiger partial charge is 0.342 e. The molecule has 0 amide bonds. The van der Waals surface area contributed by atoms with Crippen LogP contribution in [-0.2, 0) is 14.6 Å². The quantitative estimate of drug-likeness (QED) is 0.482. The number of rotatable bonds is 0. The molecule has 3 heteroatoms. The van der Waals surface area contributed by atoms with Gasteiger partial charge in [-0.3, -0.25) is 4.89 Å². The molecule has 58 valence electrons. The van der Waals surface area contributed by atoms with Gasteiger partial charge in [-0.05, 0) is 12.8 Å². The molecule has 0 aromatic carbocycles. The third kappa shape index (κ3) is 2.82. The second kappa shape index (κ2) is 4.28. The topological polar surface area (TPSA) is 35.5 Å². The average Bonchev–Trinajstić information content (AvgIpc) is 2.02. The maximum absolute atomic E-state index is 10.6. The third-order valence-corrected chi connectivity index (χ3v) is 1.51. The SMILES string of the molecule is O=C1CCCCCCOO1. The van der Waals surface area contributed by atoms with Gasteiger partial charge in [0.2, 0.25) is 0 Å². The second-order valence-corrected chi connectivity index (χ2v) is 2.44. The van der Waals surface area contributed by atoms with E-state index in [1.54, 1.807) is 0 Å². The van der Waals surface area contributed by atoms with Crippen molar-refractivity contribution in [3.8, 4) is 0 Å². The van der Waals surface area contributed by atoms with Gasteiger partial charge >= 0.3 is 5.97 Å². The molecule has 1 aliphatic rings. The molecule has 0 N–H and O–H groups in total. The predicted octanol–water partition coefficient (Wildman–Crippen LogP) is 1.43. The van der Waals surface area contributed by atoms with Crippen molar-refractivity contribution >= 4 is 5.97 Å². The van der Waals surface area contributed by atoms with Crippen LogP contribution in [0.2, 0.25) is 0 Å². The molecule has 0 atom stereocenters. The molecule has 0 radical (unpaired) electrons. The molecular weight excluding hydrogens is 132 g/mol. The van der Waals surface area contributed by atoms with Crippen LogP contribution in [0.3, 0.4) is 0 Å². The molecule has 1 heterocycles. The Morgan fingerprint density at radius 1 is 1.10 bits per heavy atom. The van der Waals surface area contributed by atoms with Crippen molar-refractivity contribution in [2.45, 2.75) is 32.1 Å². The average molecular weight is 144 g/mol. The van der Waals surface area contributed by atoms with E-state index in [2.05, 4.69) is 9.78 Å². The fourth-order valence-corrected chi connectivity index (χ4v) is 0.933. The fourth-order valence-electron chi connectivity index (χ4n) is 0.933. The Kier molecular flexibility index (Phi) is 3.22. The van der Waals surface area contributed by atoms with Crippen LogP contribution in [0.25, 0.3) is 0 Å². The smallest absolute Gasteiger partial charge is 0.298 e. The van der Waals surface area contributed by atoms with Crippen molar-refractivity contribution in [1.82, 2.24) is 0 Å². The van der Waals surface area contributed by atoms with Gasteiger partial charge in [0, 0.05) is 6.42 Å². The molecule has 3 nitrogen and oxygen atoms in total. The second-order valence-electron chi connectivity index (χ2n) is 2.44. The third-order valence-electron chi connectivity index (χ3n) is 1.51. The highest BCUT2D eigenvalue weighted by Crippen LogP contribution is 2.07. The first-order valence-electron chi connectivity index (χ1n) is 3.72. The van der Waals surface area contributed by atoms with E-state index in [-0.39, 0.29) is 5.97 Å². The Balaban J connectivity index is 2.21. The molecule has 1 rings (SSSR count). The Hall–Kier alpha value is -0.570. The molecule has 0 unspecified atom stereocenters. The summed E-state index contributed by atoms with van der Waals surface area (Å²) in [5.74, 6) is -0.234. The summed E-state index contributed by atoms with van der Waals surface area (Å²) in [7, 11) is 0. The van der Waals surface area contributed by atoms with Crippen LogP contribution in [-0.4, -0.2) is 12.6 Å². The molecule has 1 aliphatic heterocycles. The molecule has 0 aromatic rings. The molecular formula is C7H12O3. The molecule has 1 saturated heterocycles. The standard InChI is InChI=1S/C7H12O3/c8-7-5-3-1-2-4-6-9-10-7/h1-6H2. The summed E-state index contributed by atoms with van der Waals surface area (Å²) in [6.45, 7) is 0.547. The minimum absolute atomic E-state index is 0.234. The van der Waals surface area contributed by atoms with E-state index in [4.69, 9.17) is 0 Å². The first-order chi connectivity index (χ1) is 4.89. The van der Waals surface area contributed by atoms with E-state index < -0.39 is 0 Å². The summed E-state index contributed by atoms with van der Waals surface area (Å²) in [5, 5.41) is 0. The molecule has 0 aliphatic carbocycles. The van der Waals surface area contributed by atoms with E-state index >= 15 is 0 Å². The van der Waals surface area contributed by atoms with Gasteiger partial charge in [-0.2, -0.15) is 4.89 Å². The number of hydrogen-bond donors (Lipinski definition) is 0. The normalized spacial score (nSPS) is 22.2. The van der Waals surface area contributed by atoms with Gasteiger partial charge in [-0.1, -0.05) is 12.8 Å². The summed E-state index contributed by atoms with van der Waals surface area (Å²) in [5.41, 5.74) is 0. The summed E-state index contributed by atoms with van der Waals surface area (Å²) in [4.78, 5) is 19.7. The fraction of sp³-hybridized carbons (Fsp3) is 0.857. The minimum atomic E-state index is -0.234. The van der Waals surface area contributed by atoms with E-state index in [9.17, 15) is 4.79 Å². The minimum Gasteiger partial charge on any atom is -0.298 e. The highest BCUT2D eigenvalue weighted by Gasteiger charge is 2.05. The Labute approximate surface area is 60.2 Å². The molecule has 0 aromatic heterocycles. The van der Waals surface area contributed by atoms with Crippen molar-refractivity contribution in [2.75, 3.05) is 6.61 Å². The lowest BCUT2D eigenvalue weighted by atomic mass is 10.1. The van der Waals surface area contributed by atoms with Crippen LogP contribution in [0.15, 0.2) is 0 Å². The van der Waals surface area contributed by atoms with Gasteiger partial charge in [0.1, 0.15) is 0 Å². The Bertz CT molecular complexity index is 99.4. The highest BCUT2D eigenvalue weighted by atomic mass is 17.2. The lowest BCUT2D eigenvalue weighted by molar-refractivity contribution is -0.271. The van der Waals surface area contributed by atoms with Crippen LogP contribution < -0.4 is 0 Å². The first-order valence-corrected chi connectivity index (χ1v) is 3.72. The van der Waals surface area contributed by atoms with Crippen molar-refractivity contribution in [3.05, 3.63) is 0 Å². The van der Waals surface area contributed by atoms with Crippen LogP contribution in [0.4, 0.5) is 0 Å². The van der Waals surface area contributed by atoms with E-state index in [1.165, 1.54) is 0 Å². The zero-order valence-electron chi connectivity index (χ0n) is 5.97. The summed E-state index contributed by atoms with van der Waals surface area (Å²) in [6, 6.07) is 0. The Morgan fingerprint density at radius 2 is 1.90 bits per heavy atom. The lowest BCUT2D eigenvalue weighted by Gasteiger charge is -1.97. The van der Waals surface area contributed by atoms with Gasteiger partial charge in [0.05, 0.1) is 6.61 Å². The Morgan fingerprint density at radius 3 is 2.80 bits per heavy atom. The maximum Gasteiger partial charge on any atom is 0.342 e. The van der Waals surface area contributed by atoms with E-state index in [0.29, 0.717) is 13.0 Å². The van der Waals surface area contributed by atoms with Crippen molar-refractivity contribution < 1.29 is 14.6 Å². The molecule has 0 saturated carbocycles. The number of carbonyl (C=O) groups excluding carboxylic acids is 1. The lowest BCUT2D eigenvalue weighted by Crippen LogP contribution is -2.03. The predicted molar refractivity (Wildman–Crippen MR) is 35.1 cm³/mol. The zero-order valence-corrected chi connectivity index (χ0v) is 5.97. The van der Waals surface area contributed by atoms with Crippen LogP contribution in [0.1, 0.15) is 32.1 Å². The summed E-state index contributed by atoms with van der Waals surface area (Å²) in [6.07, 6.45) is 4.67. The maximum atomic E-state index is 10.6. The van der Waals surface area contributed by atoms with Crippen LogP contribution in [0, 0.1) is 0 Å². The number of hydrogen-bond acceptors (Lipinski definition) is 3. The van der Waals surface area contributed by atoms with Crippen molar-refractivity contribution in [2.24, 2.45) is 0 Å². The molecule has 0 spiro atoms. The van der Waals surface area contributed by atoms with Gasteiger partial charge in [0.25, 0.3) is 0 Å². The van der Waals surface area contributed by atoms with Crippen molar-refractivity contribution in [1.29, 1.82) is 0 Å². The number of carbonyl (C=O) groups is 1. The monoisotopic (exact) mass is 144 g/mol. The van der Waals surface area contributed by atoms with Crippen molar-refractivity contribution in [3.63, 3.8) is 0 Å². The zero-order chi connectivity index (χ0) is 7.23. The highest BCUT2D eigenvalue weighted by molar-refractivity contribution is 5.68. The van der Waals surface area contributed by atoms with E-state index in [1.807, 2.05) is 0 Å². The van der Waals surface area contributed by atoms with Gasteiger partial charge in [0.15, 0.2) is 0 Å². The van der Waals surface area contributed by atoms with Crippen LogP contribution >= 0.6 is 0 Å².